The monoisotopic (exact) mass is 655 g/mol. The van der Waals surface area contributed by atoms with Gasteiger partial charge in [-0.3, -0.25) is 19.2 Å². The highest BCUT2D eigenvalue weighted by Gasteiger charge is 2.47. The normalized spacial score (nSPS) is 14.3. The Kier molecular flexibility index (Phi) is 12.2. The van der Waals surface area contributed by atoms with E-state index in [1.54, 1.807) is 0 Å². The highest BCUT2D eigenvalue weighted by molar-refractivity contribution is 5.97. The van der Waals surface area contributed by atoms with E-state index in [4.69, 9.17) is 4.74 Å². The molecule has 0 heterocycles. The molecule has 0 aliphatic heterocycles. The molecular weight excluding hydrogens is 626 g/mol. The van der Waals surface area contributed by atoms with Crippen LogP contribution in [-0.2, 0) is 25.1 Å². The van der Waals surface area contributed by atoms with Crippen molar-refractivity contribution in [3.8, 4) is 11.5 Å². The van der Waals surface area contributed by atoms with Gasteiger partial charge < -0.3 is 19.9 Å². The molecule has 0 saturated carbocycles. The summed E-state index contributed by atoms with van der Waals surface area (Å²) in [5, 5.41) is 11.9. The van der Waals surface area contributed by atoms with Gasteiger partial charge in [0.1, 0.15) is 17.5 Å². The van der Waals surface area contributed by atoms with Crippen LogP contribution in [0.4, 0.5) is 35.1 Å². The molecule has 0 spiro atoms. The molecule has 0 bridgehead atoms. The van der Waals surface area contributed by atoms with E-state index < -0.39 is 96.3 Å². The Morgan fingerprint density at radius 2 is 1.44 bits per heavy atom. The van der Waals surface area contributed by atoms with E-state index in [1.807, 2.05) is 0 Å². The fraction of sp³-hybridized carbons (Fsp3) is 0.448. The maximum atomic E-state index is 15.1. The van der Waals surface area contributed by atoms with E-state index in [2.05, 4.69) is 10.1 Å². The molecule has 16 heteroatoms. The summed E-state index contributed by atoms with van der Waals surface area (Å²) in [7, 11) is 1.31. The summed E-state index contributed by atoms with van der Waals surface area (Å²) in [6, 6.07) is 6.29. The topological polar surface area (TPSA) is 119 Å². The van der Waals surface area contributed by atoms with Gasteiger partial charge in [-0.1, -0.05) is 38.1 Å². The van der Waals surface area contributed by atoms with E-state index in [-0.39, 0.29) is 11.3 Å². The molecule has 2 aromatic carbocycles. The lowest BCUT2D eigenvalue weighted by atomic mass is 9.84. The molecule has 8 nitrogen and oxygen atoms in total. The molecule has 2 rings (SSSR count). The van der Waals surface area contributed by atoms with Crippen LogP contribution in [0.1, 0.15) is 43.9 Å². The summed E-state index contributed by atoms with van der Waals surface area (Å²) in [5.41, 5.74) is -1.49. The molecule has 3 atom stereocenters. The maximum Gasteiger partial charge on any atom is 0.573 e. The quantitative estimate of drug-likeness (QED) is 0.244. The fourth-order valence-corrected chi connectivity index (χ4v) is 4.26. The number of methoxy groups -OCH3 is 1. The first-order valence-electron chi connectivity index (χ1n) is 13.2. The number of hydrogen-bond acceptors (Lipinski definition) is 7. The second kappa shape index (κ2) is 14.8. The number of hydrogen-bond donors (Lipinski definition) is 2. The van der Waals surface area contributed by atoms with Crippen molar-refractivity contribution >= 4 is 23.3 Å². The number of carbonyl (C=O) groups excluding carboxylic acids is 4. The molecule has 0 unspecified atom stereocenters. The first kappa shape index (κ1) is 37.1. The van der Waals surface area contributed by atoms with Gasteiger partial charge >= 0.3 is 18.5 Å². The molecule has 0 radical (unpaired) electrons. The number of aliphatic hydroxyl groups is 1. The average molecular weight is 656 g/mol. The standard InChI is InChI=1S/C29H29F8NO7/c1-15(2)19(25(42)28(32,33)34)13-21(40)24(16-8-10-18(44-3)11-9-16)38-26(43)17(14-39)12-23(41)27(30,31)20-6-4-5-7-22(20)45-29(35,36)37/h4-11,15,17,19,24,39H,12-14H2,1-3H3,(H,38,43)/t17-,19-,24-/m0/s1. The van der Waals surface area contributed by atoms with Gasteiger partial charge in [-0.2, -0.15) is 22.0 Å². The highest BCUT2D eigenvalue weighted by Crippen LogP contribution is 2.39. The average Bonchev–Trinajstić information content (AvgIpc) is 2.95. The first-order chi connectivity index (χ1) is 20.7. The van der Waals surface area contributed by atoms with Gasteiger partial charge in [0.2, 0.25) is 17.5 Å². The minimum Gasteiger partial charge on any atom is -0.497 e. The summed E-state index contributed by atoms with van der Waals surface area (Å²) in [6.45, 7) is 1.29. The van der Waals surface area contributed by atoms with E-state index in [9.17, 15) is 50.6 Å². The fourth-order valence-electron chi connectivity index (χ4n) is 4.26. The molecule has 0 saturated heterocycles. The highest BCUT2D eigenvalue weighted by atomic mass is 19.4. The van der Waals surface area contributed by atoms with Crippen LogP contribution in [0.5, 0.6) is 11.5 Å². The first-order valence-corrected chi connectivity index (χ1v) is 13.2. The SMILES string of the molecule is COc1ccc([C@H](NC(=O)[C@H](CO)CC(=O)C(F)(F)c2ccccc2OC(F)(F)F)C(=O)C[C@H](C(=O)C(F)(F)F)C(C)C)cc1. The number of para-hydroxylation sites is 1. The van der Waals surface area contributed by atoms with E-state index in [1.165, 1.54) is 45.2 Å². The molecule has 0 aliphatic carbocycles. The molecule has 2 aromatic rings. The molecule has 1 amide bonds. The second-order valence-electron chi connectivity index (χ2n) is 10.2. The number of halogens is 8. The number of rotatable bonds is 15. The smallest absolute Gasteiger partial charge is 0.497 e. The summed E-state index contributed by atoms with van der Waals surface area (Å²) < 4.78 is 116. The van der Waals surface area contributed by atoms with Crippen LogP contribution in [0.2, 0.25) is 0 Å². The van der Waals surface area contributed by atoms with Crippen LogP contribution in [0.25, 0.3) is 0 Å². The number of Topliss-reactive ketones (excluding diaryl/α,β-unsaturated/α-hetero) is 3. The zero-order valence-electron chi connectivity index (χ0n) is 24.0. The third-order valence-corrected chi connectivity index (χ3v) is 6.72. The summed E-state index contributed by atoms with van der Waals surface area (Å²) in [4.78, 5) is 51.0. The lowest BCUT2D eigenvalue weighted by Crippen LogP contribution is -2.42. The van der Waals surface area contributed by atoms with Crippen LogP contribution >= 0.6 is 0 Å². The van der Waals surface area contributed by atoms with Crippen LogP contribution < -0.4 is 14.8 Å². The molecular formula is C29H29F8NO7. The molecule has 45 heavy (non-hydrogen) atoms. The van der Waals surface area contributed by atoms with Crippen molar-refractivity contribution in [1.82, 2.24) is 5.32 Å². The minimum atomic E-state index is -5.38. The van der Waals surface area contributed by atoms with Crippen LogP contribution in [0.3, 0.4) is 0 Å². The van der Waals surface area contributed by atoms with Gasteiger partial charge in [0.15, 0.2) is 5.78 Å². The number of ketones is 3. The van der Waals surface area contributed by atoms with E-state index in [0.29, 0.717) is 12.1 Å². The molecule has 2 N–H and O–H groups in total. The van der Waals surface area contributed by atoms with Crippen molar-refractivity contribution in [3.63, 3.8) is 0 Å². The zero-order valence-corrected chi connectivity index (χ0v) is 24.0. The van der Waals surface area contributed by atoms with Gasteiger partial charge in [-0.25, -0.2) is 0 Å². The Balaban J connectivity index is 2.38. The van der Waals surface area contributed by atoms with Crippen LogP contribution in [-0.4, -0.2) is 54.6 Å². The Labute approximate surface area is 251 Å². The van der Waals surface area contributed by atoms with Crippen molar-refractivity contribution < 1.29 is 68.9 Å². The maximum absolute atomic E-state index is 15.1. The van der Waals surface area contributed by atoms with Gasteiger partial charge in [0.05, 0.1) is 25.2 Å². The minimum absolute atomic E-state index is 0.0253. The number of amides is 1. The number of alkyl halides is 8. The number of ether oxygens (including phenoxy) is 2. The third-order valence-electron chi connectivity index (χ3n) is 6.72. The Hall–Kier alpha value is -4.08. The molecule has 0 aliphatic rings. The van der Waals surface area contributed by atoms with Crippen molar-refractivity contribution in [3.05, 3.63) is 59.7 Å². The van der Waals surface area contributed by atoms with Crippen molar-refractivity contribution in [2.24, 2.45) is 17.8 Å². The van der Waals surface area contributed by atoms with Crippen molar-refractivity contribution in [2.45, 2.75) is 51.2 Å². The number of nitrogens with one attached hydrogen (secondary N) is 1. The van der Waals surface area contributed by atoms with Gasteiger partial charge in [0, 0.05) is 18.8 Å². The van der Waals surface area contributed by atoms with Crippen molar-refractivity contribution in [1.29, 1.82) is 0 Å². The van der Waals surface area contributed by atoms with Gasteiger partial charge in [-0.05, 0) is 35.7 Å². The lowest BCUT2D eigenvalue weighted by molar-refractivity contribution is -0.275. The largest absolute Gasteiger partial charge is 0.573 e. The number of benzene rings is 2. The Bertz CT molecular complexity index is 1360. The summed E-state index contributed by atoms with van der Waals surface area (Å²) >= 11 is 0. The summed E-state index contributed by atoms with van der Waals surface area (Å²) in [6.07, 6.45) is -13.1. The zero-order chi connectivity index (χ0) is 34.3. The Morgan fingerprint density at radius 1 is 0.867 bits per heavy atom. The van der Waals surface area contributed by atoms with Gasteiger partial charge in [-0.15, -0.1) is 13.2 Å². The van der Waals surface area contributed by atoms with Gasteiger partial charge in [0.25, 0.3) is 0 Å². The van der Waals surface area contributed by atoms with E-state index in [0.717, 1.165) is 12.1 Å². The van der Waals surface area contributed by atoms with Crippen LogP contribution in [0.15, 0.2) is 48.5 Å². The van der Waals surface area contributed by atoms with E-state index >= 15 is 8.78 Å². The molecule has 0 aromatic heterocycles. The number of aliphatic hydroxyl groups excluding tert-OH is 1. The molecule has 0 fully saturated rings. The lowest BCUT2D eigenvalue weighted by Gasteiger charge is -2.26. The Morgan fingerprint density at radius 3 is 1.93 bits per heavy atom. The third kappa shape index (κ3) is 9.96. The van der Waals surface area contributed by atoms with Crippen LogP contribution in [0, 0.1) is 17.8 Å². The number of carbonyl (C=O) groups is 4. The predicted molar refractivity (Wildman–Crippen MR) is 140 cm³/mol. The molecule has 248 valence electrons. The second-order valence-corrected chi connectivity index (χ2v) is 10.2. The predicted octanol–water partition coefficient (Wildman–Crippen LogP) is 5.47. The summed E-state index contributed by atoms with van der Waals surface area (Å²) in [5.74, 6) is -17.2. The van der Waals surface area contributed by atoms with Crippen molar-refractivity contribution in [2.75, 3.05) is 13.7 Å².